The third-order valence-corrected chi connectivity index (χ3v) is 12.9. The maximum atomic E-state index is 13.0. The average Bonchev–Trinajstić information content (AvgIpc) is 3.72. The van der Waals surface area contributed by atoms with Gasteiger partial charge in [0.1, 0.15) is 0 Å². The van der Waals surface area contributed by atoms with Gasteiger partial charge in [-0.25, -0.2) is 0 Å². The second kappa shape index (κ2) is 10.4. The summed E-state index contributed by atoms with van der Waals surface area (Å²) in [5.41, 5.74) is 1.98. The quantitative estimate of drug-likeness (QED) is 0.207. The number of cyclic esters (lactones) is 2. The fourth-order valence-electron chi connectivity index (χ4n) is 6.06. The molecule has 2 aliphatic rings. The van der Waals surface area contributed by atoms with Crippen LogP contribution < -0.4 is 10.4 Å². The topological polar surface area (TPSA) is 61.8 Å². The van der Waals surface area contributed by atoms with Crippen LogP contribution in [0.4, 0.5) is 0 Å². The fraction of sp³-hybridized carbons (Fsp3) is 0.394. The molecule has 0 aromatic heterocycles. The molecule has 5 rings (SSSR count). The number of benzene rings is 3. The fourth-order valence-corrected chi connectivity index (χ4v) is 10.6. The zero-order valence-corrected chi connectivity index (χ0v) is 24.5. The first-order valence-electron chi connectivity index (χ1n) is 13.8. The molecule has 2 fully saturated rings. The van der Waals surface area contributed by atoms with E-state index in [2.05, 4.69) is 81.4 Å². The second-order valence-corrected chi connectivity index (χ2v) is 16.6. The Morgan fingerprint density at radius 3 is 1.87 bits per heavy atom. The number of carbonyl (C=O) groups excluding carboxylic acids is 2. The minimum absolute atomic E-state index is 0.133. The van der Waals surface area contributed by atoms with Crippen molar-refractivity contribution in [3.05, 3.63) is 96.1 Å². The van der Waals surface area contributed by atoms with Crippen LogP contribution >= 0.6 is 0 Å². The molecule has 0 amide bonds. The Morgan fingerprint density at radius 2 is 1.38 bits per heavy atom. The molecule has 3 aromatic rings. The zero-order chi connectivity index (χ0) is 27.8. The Bertz CT molecular complexity index is 1270. The minimum Gasteiger partial charge on any atom is -0.422 e. The third kappa shape index (κ3) is 5.45. The van der Waals surface area contributed by atoms with Gasteiger partial charge < -0.3 is 13.9 Å². The van der Waals surface area contributed by atoms with Gasteiger partial charge in [-0.15, -0.1) is 0 Å². The van der Waals surface area contributed by atoms with Crippen LogP contribution in [-0.2, 0) is 30.1 Å². The lowest BCUT2D eigenvalue weighted by Crippen LogP contribution is -2.66. The largest absolute Gasteiger partial charge is 0.422 e. The van der Waals surface area contributed by atoms with Crippen LogP contribution in [0.25, 0.3) is 0 Å². The number of hydrogen-bond donors (Lipinski definition) is 0. The molecule has 39 heavy (non-hydrogen) atoms. The molecule has 1 aliphatic heterocycles. The van der Waals surface area contributed by atoms with Crippen molar-refractivity contribution in [3.8, 4) is 0 Å². The van der Waals surface area contributed by atoms with Gasteiger partial charge in [0.05, 0.1) is 6.61 Å². The summed E-state index contributed by atoms with van der Waals surface area (Å²) < 4.78 is 18.1. The van der Waals surface area contributed by atoms with E-state index in [0.717, 1.165) is 24.0 Å². The van der Waals surface area contributed by atoms with Crippen molar-refractivity contribution < 1.29 is 23.5 Å². The lowest BCUT2D eigenvalue weighted by atomic mass is 9.81. The summed E-state index contributed by atoms with van der Waals surface area (Å²) in [6, 6.07) is 29.3. The van der Waals surface area contributed by atoms with Gasteiger partial charge in [-0.2, -0.15) is 0 Å². The van der Waals surface area contributed by atoms with Gasteiger partial charge >= 0.3 is 11.9 Å². The number of hydrogen-bond acceptors (Lipinski definition) is 5. The van der Waals surface area contributed by atoms with Crippen molar-refractivity contribution in [2.24, 2.45) is 11.8 Å². The van der Waals surface area contributed by atoms with E-state index < -0.39 is 32.0 Å². The molecule has 204 valence electrons. The van der Waals surface area contributed by atoms with Crippen LogP contribution in [-0.4, -0.2) is 26.0 Å². The molecule has 1 heterocycles. The molecular formula is C33H38O5Si. The van der Waals surface area contributed by atoms with E-state index in [-0.39, 0.29) is 16.9 Å². The molecule has 0 spiro atoms. The summed E-state index contributed by atoms with van der Waals surface area (Å²) >= 11 is 0. The maximum Gasteiger partial charge on any atom is 0.324 e. The standard InChI is InChI=1S/C33H38O5Si/c1-32(2,3)39(26-15-8-6-9-16-26,27-17-10-7-11-18-27)36-22-23-13-12-14-25(21-23)28(24-19-20-24)29-30(34)37-33(4,5)38-31(29)35/h6-18,21,24,28-29H,19-20,22H2,1-5H3. The first kappa shape index (κ1) is 27.3. The van der Waals surface area contributed by atoms with E-state index >= 15 is 0 Å². The normalized spacial score (nSPS) is 18.8. The van der Waals surface area contributed by atoms with Gasteiger partial charge in [0.15, 0.2) is 5.92 Å². The number of esters is 2. The van der Waals surface area contributed by atoms with Crippen molar-refractivity contribution in [3.63, 3.8) is 0 Å². The lowest BCUT2D eigenvalue weighted by Gasteiger charge is -2.43. The molecule has 1 unspecified atom stereocenters. The predicted octanol–water partition coefficient (Wildman–Crippen LogP) is 5.71. The molecule has 1 saturated heterocycles. The summed E-state index contributed by atoms with van der Waals surface area (Å²) in [6.07, 6.45) is 1.96. The number of ether oxygens (including phenoxy) is 2. The SMILES string of the molecule is CC1(C)OC(=O)C(C(c2cccc(CO[Si](c3ccccc3)(c3ccccc3)C(C)(C)C)c2)C2CC2)C(=O)O1. The molecular weight excluding hydrogens is 504 g/mol. The summed E-state index contributed by atoms with van der Waals surface area (Å²) in [4.78, 5) is 26.0. The minimum atomic E-state index is -2.70. The van der Waals surface area contributed by atoms with Gasteiger partial charge in [0.25, 0.3) is 14.1 Å². The first-order chi connectivity index (χ1) is 18.5. The first-order valence-corrected chi connectivity index (χ1v) is 15.7. The average molecular weight is 543 g/mol. The lowest BCUT2D eigenvalue weighted by molar-refractivity contribution is -0.241. The van der Waals surface area contributed by atoms with E-state index in [1.54, 1.807) is 13.8 Å². The highest BCUT2D eigenvalue weighted by atomic mass is 28.4. The highest BCUT2D eigenvalue weighted by Gasteiger charge is 2.52. The maximum absolute atomic E-state index is 13.0. The molecule has 6 heteroatoms. The summed E-state index contributed by atoms with van der Waals surface area (Å²) in [5, 5.41) is 2.32. The van der Waals surface area contributed by atoms with Crippen molar-refractivity contribution in [2.45, 2.75) is 70.8 Å². The van der Waals surface area contributed by atoms with Crippen LogP contribution in [0.5, 0.6) is 0 Å². The van der Waals surface area contributed by atoms with Gasteiger partial charge in [0.2, 0.25) is 0 Å². The monoisotopic (exact) mass is 542 g/mol. The Morgan fingerprint density at radius 1 is 0.846 bits per heavy atom. The van der Waals surface area contributed by atoms with Crippen molar-refractivity contribution in [1.29, 1.82) is 0 Å². The van der Waals surface area contributed by atoms with Gasteiger partial charge in [0, 0.05) is 19.8 Å². The number of carbonyl (C=O) groups is 2. The van der Waals surface area contributed by atoms with Crippen LogP contribution in [0.15, 0.2) is 84.9 Å². The second-order valence-electron chi connectivity index (χ2n) is 12.3. The zero-order valence-electron chi connectivity index (χ0n) is 23.5. The van der Waals surface area contributed by atoms with E-state index in [4.69, 9.17) is 13.9 Å². The summed E-state index contributed by atoms with van der Waals surface area (Å²) in [6.45, 7) is 10.4. The summed E-state index contributed by atoms with van der Waals surface area (Å²) in [7, 11) is -2.70. The van der Waals surface area contributed by atoms with Crippen LogP contribution in [0.2, 0.25) is 5.04 Å². The molecule has 1 saturated carbocycles. The van der Waals surface area contributed by atoms with Gasteiger partial charge in [-0.05, 0) is 45.3 Å². The molecule has 0 radical (unpaired) electrons. The van der Waals surface area contributed by atoms with Crippen LogP contribution in [0.3, 0.4) is 0 Å². The van der Waals surface area contributed by atoms with E-state index in [0.29, 0.717) is 6.61 Å². The van der Waals surface area contributed by atoms with Gasteiger partial charge in [-0.3, -0.25) is 9.59 Å². The Hall–Kier alpha value is -3.22. The van der Waals surface area contributed by atoms with Crippen molar-refractivity contribution in [2.75, 3.05) is 0 Å². The Balaban J connectivity index is 1.49. The Labute approximate surface area is 232 Å². The molecule has 0 N–H and O–H groups in total. The van der Waals surface area contributed by atoms with Gasteiger partial charge in [-0.1, -0.05) is 106 Å². The highest BCUT2D eigenvalue weighted by Crippen LogP contribution is 2.49. The molecule has 5 nitrogen and oxygen atoms in total. The Kier molecular flexibility index (Phi) is 7.29. The predicted molar refractivity (Wildman–Crippen MR) is 154 cm³/mol. The van der Waals surface area contributed by atoms with Crippen molar-refractivity contribution in [1.82, 2.24) is 0 Å². The molecule has 1 aliphatic carbocycles. The smallest absolute Gasteiger partial charge is 0.324 e. The number of rotatable bonds is 8. The third-order valence-electron chi connectivity index (χ3n) is 7.90. The van der Waals surface area contributed by atoms with E-state index in [1.165, 1.54) is 10.4 Å². The molecule has 1 atom stereocenters. The van der Waals surface area contributed by atoms with Crippen LogP contribution in [0.1, 0.15) is 64.5 Å². The molecule has 3 aromatic carbocycles. The molecule has 0 bridgehead atoms. The van der Waals surface area contributed by atoms with Crippen LogP contribution in [0, 0.1) is 11.8 Å². The summed E-state index contributed by atoms with van der Waals surface area (Å²) in [5.74, 6) is -3.19. The highest BCUT2D eigenvalue weighted by molar-refractivity contribution is 6.99. The van der Waals surface area contributed by atoms with E-state index in [1.807, 2.05) is 24.3 Å². The van der Waals surface area contributed by atoms with E-state index in [9.17, 15) is 9.59 Å². The van der Waals surface area contributed by atoms with Crippen molar-refractivity contribution >= 4 is 30.6 Å².